The molecule has 0 saturated carbocycles. The minimum Gasteiger partial charge on any atom is -0.370 e. The summed E-state index contributed by atoms with van der Waals surface area (Å²) < 4.78 is 12.9. The lowest BCUT2D eigenvalue weighted by Crippen LogP contribution is -2.08. The molecule has 1 aromatic carbocycles. The predicted octanol–water partition coefficient (Wildman–Crippen LogP) is 4.21. The molecule has 0 atom stereocenters. The fraction of sp³-hybridized carbons (Fsp3) is 0.375. The first-order chi connectivity index (χ1) is 10.1. The lowest BCUT2D eigenvalue weighted by atomic mass is 10.2. The smallest absolute Gasteiger partial charge is 0.141 e. The quantitative estimate of drug-likeness (QED) is 0.811. The summed E-state index contributed by atoms with van der Waals surface area (Å²) in [5.74, 6) is 2.19. The van der Waals surface area contributed by atoms with Crippen LogP contribution in [0.3, 0.4) is 0 Å². The Bertz CT molecular complexity index is 599. The zero-order chi connectivity index (χ0) is 15.2. The highest BCUT2D eigenvalue weighted by molar-refractivity contribution is 7.98. The number of aromatic nitrogens is 2. The Hall–Kier alpha value is -1.62. The van der Waals surface area contributed by atoms with Crippen molar-refractivity contribution in [2.75, 3.05) is 11.9 Å². The van der Waals surface area contributed by atoms with Crippen molar-refractivity contribution in [3.63, 3.8) is 0 Å². The van der Waals surface area contributed by atoms with Crippen molar-refractivity contribution in [1.29, 1.82) is 0 Å². The van der Waals surface area contributed by atoms with Gasteiger partial charge in [-0.1, -0.05) is 6.92 Å². The molecule has 21 heavy (non-hydrogen) atoms. The second-order valence-corrected chi connectivity index (χ2v) is 5.74. The molecule has 0 aliphatic rings. The van der Waals surface area contributed by atoms with Crippen LogP contribution in [0.1, 0.15) is 30.9 Å². The van der Waals surface area contributed by atoms with Gasteiger partial charge >= 0.3 is 0 Å². The van der Waals surface area contributed by atoms with Gasteiger partial charge in [-0.05, 0) is 44.5 Å². The van der Waals surface area contributed by atoms with Crippen LogP contribution in [-0.4, -0.2) is 16.5 Å². The summed E-state index contributed by atoms with van der Waals surface area (Å²) >= 11 is 1.61. The van der Waals surface area contributed by atoms with Crippen molar-refractivity contribution in [2.45, 2.75) is 37.8 Å². The van der Waals surface area contributed by atoms with Gasteiger partial charge in [0.1, 0.15) is 17.5 Å². The summed E-state index contributed by atoms with van der Waals surface area (Å²) in [6.07, 6.45) is 0.890. The highest BCUT2D eigenvalue weighted by atomic mass is 32.2. The molecule has 0 fully saturated rings. The van der Waals surface area contributed by atoms with E-state index in [1.807, 2.05) is 6.92 Å². The number of anilines is 1. The summed E-state index contributed by atoms with van der Waals surface area (Å²) in [7, 11) is 0. The monoisotopic (exact) mass is 305 g/mol. The van der Waals surface area contributed by atoms with Crippen LogP contribution < -0.4 is 5.32 Å². The normalized spacial score (nSPS) is 10.7. The maximum absolute atomic E-state index is 12.9. The van der Waals surface area contributed by atoms with E-state index < -0.39 is 0 Å². The molecule has 112 valence electrons. The number of thioether (sulfide) groups is 1. The fourth-order valence-electron chi connectivity index (χ4n) is 2.04. The minimum absolute atomic E-state index is 0.214. The largest absolute Gasteiger partial charge is 0.370 e. The topological polar surface area (TPSA) is 37.8 Å². The van der Waals surface area contributed by atoms with Crippen LogP contribution in [0.2, 0.25) is 0 Å². The molecule has 0 amide bonds. The molecule has 1 heterocycles. The molecule has 2 rings (SSSR count). The molecule has 0 unspecified atom stereocenters. The van der Waals surface area contributed by atoms with Crippen LogP contribution in [0.15, 0.2) is 29.2 Å². The zero-order valence-corrected chi connectivity index (χ0v) is 13.4. The number of nitrogens with zero attached hydrogens (tertiary/aromatic N) is 2. The van der Waals surface area contributed by atoms with Gasteiger partial charge < -0.3 is 5.32 Å². The molecule has 3 nitrogen and oxygen atoms in total. The van der Waals surface area contributed by atoms with E-state index in [0.29, 0.717) is 5.75 Å². The lowest BCUT2D eigenvalue weighted by Gasteiger charge is -2.12. The fourth-order valence-corrected chi connectivity index (χ4v) is 2.79. The highest BCUT2D eigenvalue weighted by Crippen LogP contribution is 2.23. The van der Waals surface area contributed by atoms with E-state index in [0.717, 1.165) is 40.8 Å². The number of benzene rings is 1. The molecule has 0 radical (unpaired) electrons. The summed E-state index contributed by atoms with van der Waals surface area (Å²) in [6.45, 7) is 7.04. The van der Waals surface area contributed by atoms with Gasteiger partial charge in [0.25, 0.3) is 0 Å². The standard InChI is InChI=1S/C16H20FN3S/c1-4-14-11(3)16(18-5-2)20-15(19-14)10-21-13-8-6-12(17)7-9-13/h6-9H,4-5,10H2,1-3H3,(H,18,19,20). The van der Waals surface area contributed by atoms with E-state index in [2.05, 4.69) is 29.1 Å². The summed E-state index contributed by atoms with van der Waals surface area (Å²) in [5, 5.41) is 3.29. The van der Waals surface area contributed by atoms with Crippen LogP contribution in [0, 0.1) is 12.7 Å². The molecular weight excluding hydrogens is 285 g/mol. The number of rotatable bonds is 6. The van der Waals surface area contributed by atoms with Crippen LogP contribution in [0.4, 0.5) is 10.2 Å². The Morgan fingerprint density at radius 3 is 2.48 bits per heavy atom. The van der Waals surface area contributed by atoms with E-state index in [1.165, 1.54) is 12.1 Å². The van der Waals surface area contributed by atoms with E-state index in [1.54, 1.807) is 23.9 Å². The second kappa shape index (κ2) is 7.41. The van der Waals surface area contributed by atoms with Crippen molar-refractivity contribution in [3.8, 4) is 0 Å². The van der Waals surface area contributed by atoms with Crippen LogP contribution >= 0.6 is 11.8 Å². The number of halogens is 1. The SMILES string of the molecule is CCNc1nc(CSc2ccc(F)cc2)nc(CC)c1C. The molecule has 1 N–H and O–H groups in total. The first-order valence-corrected chi connectivity index (χ1v) is 8.11. The van der Waals surface area contributed by atoms with E-state index >= 15 is 0 Å². The summed E-state index contributed by atoms with van der Waals surface area (Å²) in [6, 6.07) is 6.50. The number of nitrogens with one attached hydrogen (secondary N) is 1. The highest BCUT2D eigenvalue weighted by Gasteiger charge is 2.09. The molecule has 5 heteroatoms. The lowest BCUT2D eigenvalue weighted by molar-refractivity contribution is 0.626. The molecule has 0 spiro atoms. The zero-order valence-electron chi connectivity index (χ0n) is 12.6. The van der Waals surface area contributed by atoms with Gasteiger partial charge in [0.05, 0.1) is 5.75 Å². The third-order valence-electron chi connectivity index (χ3n) is 3.15. The van der Waals surface area contributed by atoms with Crippen molar-refractivity contribution in [2.24, 2.45) is 0 Å². The Balaban J connectivity index is 2.15. The average molecular weight is 305 g/mol. The van der Waals surface area contributed by atoms with Crippen LogP contribution in [0.5, 0.6) is 0 Å². The third kappa shape index (κ3) is 4.17. The first-order valence-electron chi connectivity index (χ1n) is 7.12. The molecule has 0 bridgehead atoms. The number of hydrogen-bond donors (Lipinski definition) is 1. The van der Waals surface area contributed by atoms with Crippen molar-refractivity contribution >= 4 is 17.6 Å². The van der Waals surface area contributed by atoms with Crippen molar-refractivity contribution < 1.29 is 4.39 Å². The predicted molar refractivity (Wildman–Crippen MR) is 86.3 cm³/mol. The van der Waals surface area contributed by atoms with Gasteiger partial charge in [0.2, 0.25) is 0 Å². The molecule has 0 aliphatic heterocycles. The molecule has 0 aliphatic carbocycles. The van der Waals surface area contributed by atoms with E-state index in [9.17, 15) is 4.39 Å². The molecule has 2 aromatic rings. The van der Waals surface area contributed by atoms with Crippen molar-refractivity contribution in [1.82, 2.24) is 9.97 Å². The molecule has 0 saturated heterocycles. The van der Waals surface area contributed by atoms with Crippen LogP contribution in [-0.2, 0) is 12.2 Å². The molecular formula is C16H20FN3S. The maximum atomic E-state index is 12.9. The summed E-state index contributed by atoms with van der Waals surface area (Å²) in [4.78, 5) is 10.2. The first kappa shape index (κ1) is 15.8. The third-order valence-corrected chi connectivity index (χ3v) is 4.16. The Morgan fingerprint density at radius 2 is 1.86 bits per heavy atom. The van der Waals surface area contributed by atoms with Gasteiger partial charge in [0, 0.05) is 22.7 Å². The number of hydrogen-bond acceptors (Lipinski definition) is 4. The van der Waals surface area contributed by atoms with Gasteiger partial charge in [0.15, 0.2) is 0 Å². The minimum atomic E-state index is -0.214. The van der Waals surface area contributed by atoms with E-state index in [4.69, 9.17) is 0 Å². The van der Waals surface area contributed by atoms with Gasteiger partial charge in [-0.15, -0.1) is 11.8 Å². The van der Waals surface area contributed by atoms with Crippen molar-refractivity contribution in [3.05, 3.63) is 47.2 Å². The maximum Gasteiger partial charge on any atom is 0.141 e. The Labute approximate surface area is 129 Å². The number of aryl methyl sites for hydroxylation is 1. The van der Waals surface area contributed by atoms with Gasteiger partial charge in [-0.3, -0.25) is 0 Å². The van der Waals surface area contributed by atoms with E-state index in [-0.39, 0.29) is 5.82 Å². The molecule has 1 aromatic heterocycles. The average Bonchev–Trinajstić information content (AvgIpc) is 2.49. The van der Waals surface area contributed by atoms with Gasteiger partial charge in [-0.25, -0.2) is 14.4 Å². The Morgan fingerprint density at radius 1 is 1.14 bits per heavy atom. The van der Waals surface area contributed by atoms with Crippen LogP contribution in [0.25, 0.3) is 0 Å². The second-order valence-electron chi connectivity index (χ2n) is 4.69. The Kier molecular flexibility index (Phi) is 5.56. The van der Waals surface area contributed by atoms with Gasteiger partial charge in [-0.2, -0.15) is 0 Å². The summed E-state index contributed by atoms with van der Waals surface area (Å²) in [5.41, 5.74) is 2.20.